The summed E-state index contributed by atoms with van der Waals surface area (Å²) in [5, 5.41) is 2.96. The Kier molecular flexibility index (Phi) is 4.23. The van der Waals surface area contributed by atoms with E-state index in [0.29, 0.717) is 24.4 Å². The van der Waals surface area contributed by atoms with Crippen molar-refractivity contribution in [1.82, 2.24) is 15.3 Å². The lowest BCUT2D eigenvalue weighted by Crippen LogP contribution is -2.34. The average Bonchev–Trinajstić information content (AvgIpc) is 2.80. The van der Waals surface area contributed by atoms with E-state index in [4.69, 9.17) is 4.74 Å². The summed E-state index contributed by atoms with van der Waals surface area (Å²) in [4.78, 5) is 20.5. The largest absolute Gasteiger partial charge is 0.488 e. The van der Waals surface area contributed by atoms with Crippen molar-refractivity contribution in [2.24, 2.45) is 0 Å². The topological polar surface area (TPSA) is 64.1 Å². The molecule has 0 unspecified atom stereocenters. The van der Waals surface area contributed by atoms with Gasteiger partial charge < -0.3 is 10.1 Å². The third kappa shape index (κ3) is 3.47. The summed E-state index contributed by atoms with van der Waals surface area (Å²) in [6.45, 7) is 3.67. The van der Waals surface area contributed by atoms with E-state index < -0.39 is 0 Å². The molecule has 0 spiro atoms. The molecule has 1 aromatic heterocycles. The van der Waals surface area contributed by atoms with Crippen molar-refractivity contribution in [3.8, 4) is 5.75 Å². The van der Waals surface area contributed by atoms with Crippen LogP contribution in [0.3, 0.4) is 0 Å². The molecule has 6 heteroatoms. The van der Waals surface area contributed by atoms with Crippen molar-refractivity contribution in [3.05, 3.63) is 53.4 Å². The summed E-state index contributed by atoms with van der Waals surface area (Å²) in [7, 11) is 0. The number of fused-ring (bicyclic) bond motifs is 1. The zero-order valence-corrected chi connectivity index (χ0v) is 13.0. The summed E-state index contributed by atoms with van der Waals surface area (Å²) in [5.74, 6) is 0.756. The number of ether oxygens (including phenoxy) is 1. The number of aryl methyl sites for hydroxylation is 2. The second-order valence-electron chi connectivity index (χ2n) is 5.65. The fourth-order valence-corrected chi connectivity index (χ4v) is 2.72. The Morgan fingerprint density at radius 1 is 1.39 bits per heavy atom. The molecular weight excluding hydrogens is 297 g/mol. The fourth-order valence-electron chi connectivity index (χ4n) is 2.72. The van der Waals surface area contributed by atoms with E-state index in [0.717, 1.165) is 11.3 Å². The van der Waals surface area contributed by atoms with E-state index in [2.05, 4.69) is 15.3 Å². The summed E-state index contributed by atoms with van der Waals surface area (Å²) in [6.07, 6.45) is 2.34. The van der Waals surface area contributed by atoms with Crippen LogP contribution in [-0.4, -0.2) is 22.0 Å². The average molecular weight is 315 g/mol. The molecule has 1 aliphatic heterocycles. The number of rotatable bonds is 4. The van der Waals surface area contributed by atoms with E-state index in [-0.39, 0.29) is 23.9 Å². The van der Waals surface area contributed by atoms with Gasteiger partial charge in [-0.15, -0.1) is 0 Å². The van der Waals surface area contributed by atoms with Crippen molar-refractivity contribution < 1.29 is 13.9 Å². The van der Waals surface area contributed by atoms with Crippen molar-refractivity contribution in [1.29, 1.82) is 0 Å². The van der Waals surface area contributed by atoms with Gasteiger partial charge in [-0.05, 0) is 32.4 Å². The summed E-state index contributed by atoms with van der Waals surface area (Å²) >= 11 is 0. The van der Waals surface area contributed by atoms with Gasteiger partial charge in [0.15, 0.2) is 0 Å². The first kappa shape index (κ1) is 15.4. The minimum atomic E-state index is -0.345. The number of carbonyl (C=O) groups excluding carboxylic acids is 1. The highest BCUT2D eigenvalue weighted by atomic mass is 19.1. The molecule has 3 rings (SSSR count). The van der Waals surface area contributed by atoms with E-state index in [1.807, 2.05) is 13.8 Å². The molecule has 0 saturated carbocycles. The molecule has 0 bridgehead atoms. The molecule has 0 saturated heterocycles. The fraction of sp³-hybridized carbons (Fsp3) is 0.353. The standard InChI is InChI=1S/C17H18FN3O2/c1-10-17(14-5-3-12(18)9-15(14)23-10)21-16(22)6-4-13-7-8-19-11(2)20-13/h3,5,7-10,17H,4,6H2,1-2H3,(H,21,22)/t10-,17+/m1/s1. The van der Waals surface area contributed by atoms with Crippen LogP contribution >= 0.6 is 0 Å². The number of amides is 1. The molecule has 0 aliphatic carbocycles. The molecule has 2 aromatic rings. The Labute approximate surface area is 133 Å². The number of nitrogens with zero attached hydrogens (tertiary/aromatic N) is 2. The van der Waals surface area contributed by atoms with Crippen molar-refractivity contribution in [3.63, 3.8) is 0 Å². The number of halogens is 1. The normalized spacial score (nSPS) is 19.1. The van der Waals surface area contributed by atoms with Crippen LogP contribution in [0, 0.1) is 12.7 Å². The first-order chi connectivity index (χ1) is 11.0. The zero-order chi connectivity index (χ0) is 16.4. The van der Waals surface area contributed by atoms with E-state index in [1.165, 1.54) is 12.1 Å². The van der Waals surface area contributed by atoms with Gasteiger partial charge in [0.25, 0.3) is 0 Å². The van der Waals surface area contributed by atoms with Crippen LogP contribution in [0.4, 0.5) is 4.39 Å². The number of benzene rings is 1. The van der Waals surface area contributed by atoms with Gasteiger partial charge in [-0.1, -0.05) is 6.07 Å². The first-order valence-corrected chi connectivity index (χ1v) is 7.57. The maximum absolute atomic E-state index is 13.2. The maximum Gasteiger partial charge on any atom is 0.221 e. The number of hydrogen-bond donors (Lipinski definition) is 1. The van der Waals surface area contributed by atoms with Gasteiger partial charge in [-0.3, -0.25) is 4.79 Å². The predicted octanol–water partition coefficient (Wildman–Crippen LogP) is 2.50. The van der Waals surface area contributed by atoms with Crippen LogP contribution in [0.2, 0.25) is 0 Å². The van der Waals surface area contributed by atoms with Crippen molar-refractivity contribution in [2.75, 3.05) is 0 Å². The highest BCUT2D eigenvalue weighted by Gasteiger charge is 2.32. The Hall–Kier alpha value is -2.50. The lowest BCUT2D eigenvalue weighted by Gasteiger charge is -2.16. The van der Waals surface area contributed by atoms with Crippen LogP contribution in [0.5, 0.6) is 5.75 Å². The van der Waals surface area contributed by atoms with Crippen LogP contribution in [0.1, 0.15) is 36.5 Å². The van der Waals surface area contributed by atoms with Crippen LogP contribution in [-0.2, 0) is 11.2 Å². The SMILES string of the molecule is Cc1nccc(CCC(=O)N[C@@H]2c3ccc(F)cc3O[C@@H]2C)n1. The van der Waals surface area contributed by atoms with Gasteiger partial charge in [-0.25, -0.2) is 14.4 Å². The summed E-state index contributed by atoms with van der Waals surface area (Å²) in [6, 6.07) is 5.93. The Balaban J connectivity index is 1.62. The molecule has 1 aromatic carbocycles. The van der Waals surface area contributed by atoms with Gasteiger partial charge in [0.2, 0.25) is 5.91 Å². The van der Waals surface area contributed by atoms with Gasteiger partial charge in [-0.2, -0.15) is 0 Å². The Morgan fingerprint density at radius 3 is 3.00 bits per heavy atom. The van der Waals surface area contributed by atoms with Gasteiger partial charge >= 0.3 is 0 Å². The number of carbonyl (C=O) groups is 1. The van der Waals surface area contributed by atoms with Crippen molar-refractivity contribution in [2.45, 2.75) is 38.8 Å². The lowest BCUT2D eigenvalue weighted by atomic mass is 10.0. The molecule has 0 fully saturated rings. The van der Waals surface area contributed by atoms with E-state index >= 15 is 0 Å². The second kappa shape index (κ2) is 6.32. The highest BCUT2D eigenvalue weighted by molar-refractivity contribution is 5.77. The Bertz CT molecular complexity index is 736. The zero-order valence-electron chi connectivity index (χ0n) is 13.0. The molecule has 2 atom stereocenters. The highest BCUT2D eigenvalue weighted by Crippen LogP contribution is 2.36. The molecule has 120 valence electrons. The maximum atomic E-state index is 13.2. The van der Waals surface area contributed by atoms with Crippen LogP contribution in [0.15, 0.2) is 30.5 Å². The lowest BCUT2D eigenvalue weighted by molar-refractivity contribution is -0.122. The smallest absolute Gasteiger partial charge is 0.221 e. The molecule has 0 radical (unpaired) electrons. The first-order valence-electron chi connectivity index (χ1n) is 7.57. The van der Waals surface area contributed by atoms with E-state index in [1.54, 1.807) is 18.3 Å². The van der Waals surface area contributed by atoms with E-state index in [9.17, 15) is 9.18 Å². The van der Waals surface area contributed by atoms with Gasteiger partial charge in [0.1, 0.15) is 23.5 Å². The van der Waals surface area contributed by atoms with Crippen molar-refractivity contribution >= 4 is 5.91 Å². The molecule has 1 aliphatic rings. The molecule has 23 heavy (non-hydrogen) atoms. The number of nitrogens with one attached hydrogen (secondary N) is 1. The molecule has 1 N–H and O–H groups in total. The summed E-state index contributed by atoms with van der Waals surface area (Å²) in [5.41, 5.74) is 1.65. The monoisotopic (exact) mass is 315 g/mol. The third-order valence-corrected chi connectivity index (χ3v) is 3.85. The third-order valence-electron chi connectivity index (χ3n) is 3.85. The molecule has 5 nitrogen and oxygen atoms in total. The van der Waals surface area contributed by atoms with Gasteiger partial charge in [0, 0.05) is 29.9 Å². The number of hydrogen-bond acceptors (Lipinski definition) is 4. The van der Waals surface area contributed by atoms with Crippen LogP contribution < -0.4 is 10.1 Å². The summed E-state index contributed by atoms with van der Waals surface area (Å²) < 4.78 is 18.8. The van der Waals surface area contributed by atoms with Gasteiger partial charge in [0.05, 0.1) is 6.04 Å². The molecule has 2 heterocycles. The number of aromatic nitrogens is 2. The second-order valence-corrected chi connectivity index (χ2v) is 5.65. The minimum Gasteiger partial charge on any atom is -0.488 e. The quantitative estimate of drug-likeness (QED) is 0.941. The van der Waals surface area contributed by atoms with Crippen LogP contribution in [0.25, 0.3) is 0 Å². The molecular formula is C17H18FN3O2. The minimum absolute atomic E-state index is 0.0844. The Morgan fingerprint density at radius 2 is 2.22 bits per heavy atom. The predicted molar refractivity (Wildman–Crippen MR) is 82.5 cm³/mol. The molecule has 1 amide bonds.